The quantitative estimate of drug-likeness (QED) is 0.697. The highest BCUT2D eigenvalue weighted by Crippen LogP contribution is 2.20. The van der Waals surface area contributed by atoms with E-state index in [0.29, 0.717) is 38.2 Å². The molecular weight excluding hydrogens is 380 g/mol. The van der Waals surface area contributed by atoms with E-state index in [4.69, 9.17) is 0 Å². The van der Waals surface area contributed by atoms with Crippen molar-refractivity contribution in [3.63, 3.8) is 0 Å². The standard InChI is InChI=1S/C19H26N4O4S/c1-3-4-7-20-19(25)16-13-21-17-6-5-14(12-15(17)18(16)24)28(26,27)23-10-8-22(2)9-11-23/h5-6,12-13H,3-4,7-11H2,1-2H3,(H,20,25)(H,21,24). The van der Waals surface area contributed by atoms with Crippen LogP contribution in [0.5, 0.6) is 0 Å². The average molecular weight is 407 g/mol. The van der Waals surface area contributed by atoms with Crippen LogP contribution in [0.25, 0.3) is 10.9 Å². The van der Waals surface area contributed by atoms with Crippen molar-refractivity contribution in [2.45, 2.75) is 24.7 Å². The van der Waals surface area contributed by atoms with Gasteiger partial charge in [0.1, 0.15) is 5.56 Å². The zero-order chi connectivity index (χ0) is 20.3. The molecule has 0 aliphatic carbocycles. The Kier molecular flexibility index (Phi) is 6.17. The number of piperazine rings is 1. The van der Waals surface area contributed by atoms with Crippen LogP contribution in [-0.2, 0) is 10.0 Å². The van der Waals surface area contributed by atoms with Gasteiger partial charge in [0.25, 0.3) is 5.91 Å². The first-order valence-corrected chi connectivity index (χ1v) is 10.9. The number of aromatic nitrogens is 1. The predicted octanol–water partition coefficient (Wildman–Crippen LogP) is 0.994. The molecule has 1 aliphatic rings. The van der Waals surface area contributed by atoms with Crippen LogP contribution in [-0.4, -0.2) is 68.3 Å². The highest BCUT2D eigenvalue weighted by molar-refractivity contribution is 7.89. The lowest BCUT2D eigenvalue weighted by atomic mass is 10.1. The van der Waals surface area contributed by atoms with Crippen LogP contribution in [0.3, 0.4) is 0 Å². The summed E-state index contributed by atoms with van der Waals surface area (Å²) in [5.74, 6) is -0.455. The zero-order valence-corrected chi connectivity index (χ0v) is 17.0. The maximum Gasteiger partial charge on any atom is 0.256 e. The van der Waals surface area contributed by atoms with Gasteiger partial charge in [0.2, 0.25) is 15.5 Å². The third-order valence-corrected chi connectivity index (χ3v) is 6.91. The average Bonchev–Trinajstić information content (AvgIpc) is 2.68. The molecule has 0 bridgehead atoms. The van der Waals surface area contributed by atoms with Crippen LogP contribution in [0.2, 0.25) is 0 Å². The van der Waals surface area contributed by atoms with Crippen molar-refractivity contribution in [1.82, 2.24) is 19.5 Å². The number of pyridine rings is 1. The fraction of sp³-hybridized carbons (Fsp3) is 0.474. The van der Waals surface area contributed by atoms with Crippen molar-refractivity contribution >= 4 is 26.8 Å². The molecule has 0 saturated carbocycles. The monoisotopic (exact) mass is 406 g/mol. The molecule has 9 heteroatoms. The minimum absolute atomic E-state index is 0.0160. The molecule has 1 saturated heterocycles. The predicted molar refractivity (Wildman–Crippen MR) is 108 cm³/mol. The molecule has 8 nitrogen and oxygen atoms in total. The van der Waals surface area contributed by atoms with Crippen LogP contribution in [0, 0.1) is 0 Å². The first-order valence-electron chi connectivity index (χ1n) is 9.47. The zero-order valence-electron chi connectivity index (χ0n) is 16.2. The van der Waals surface area contributed by atoms with E-state index in [1.165, 1.54) is 22.6 Å². The second kappa shape index (κ2) is 8.42. The molecule has 3 rings (SSSR count). The SMILES string of the molecule is CCCCNC(=O)c1c[nH]c2ccc(S(=O)(=O)N3CCN(C)CC3)cc2c1=O. The second-order valence-corrected chi connectivity index (χ2v) is 8.99. The van der Waals surface area contributed by atoms with E-state index in [1.807, 2.05) is 14.0 Å². The van der Waals surface area contributed by atoms with Gasteiger partial charge in [-0.05, 0) is 31.7 Å². The van der Waals surface area contributed by atoms with Gasteiger partial charge in [0.05, 0.1) is 4.90 Å². The summed E-state index contributed by atoms with van der Waals surface area (Å²) in [6.45, 7) is 4.65. The van der Waals surface area contributed by atoms with Gasteiger partial charge >= 0.3 is 0 Å². The van der Waals surface area contributed by atoms with Gasteiger partial charge in [-0.25, -0.2) is 8.42 Å². The van der Waals surface area contributed by atoms with E-state index < -0.39 is 21.4 Å². The fourth-order valence-electron chi connectivity index (χ4n) is 3.18. The molecule has 0 radical (unpaired) electrons. The van der Waals surface area contributed by atoms with Gasteiger partial charge in [0.15, 0.2) is 0 Å². The normalized spacial score (nSPS) is 16.4. The number of amides is 1. The minimum atomic E-state index is -3.69. The number of H-pyrrole nitrogens is 1. The maximum atomic E-state index is 13.0. The van der Waals surface area contributed by atoms with E-state index in [0.717, 1.165) is 12.8 Å². The Labute approximate surface area is 164 Å². The molecule has 152 valence electrons. The third kappa shape index (κ3) is 4.11. The third-order valence-electron chi connectivity index (χ3n) is 5.01. The van der Waals surface area contributed by atoms with E-state index in [2.05, 4.69) is 15.2 Å². The van der Waals surface area contributed by atoms with Crippen LogP contribution >= 0.6 is 0 Å². The highest BCUT2D eigenvalue weighted by Gasteiger charge is 2.28. The van der Waals surface area contributed by atoms with Crippen molar-refractivity contribution in [3.05, 3.63) is 40.2 Å². The highest BCUT2D eigenvalue weighted by atomic mass is 32.2. The van der Waals surface area contributed by atoms with Crippen LogP contribution in [0.4, 0.5) is 0 Å². The largest absolute Gasteiger partial charge is 0.360 e. The molecule has 1 amide bonds. The summed E-state index contributed by atoms with van der Waals surface area (Å²) in [4.78, 5) is 30.1. The first kappa shape index (κ1) is 20.5. The van der Waals surface area contributed by atoms with Gasteiger partial charge in [0, 0.05) is 49.8 Å². The number of fused-ring (bicyclic) bond motifs is 1. The molecule has 0 unspecified atom stereocenters. The summed E-state index contributed by atoms with van der Waals surface area (Å²) in [7, 11) is -1.74. The Bertz CT molecular complexity index is 1020. The molecule has 0 spiro atoms. The van der Waals surface area contributed by atoms with Crippen molar-refractivity contribution < 1.29 is 13.2 Å². The smallest absolute Gasteiger partial charge is 0.256 e. The summed E-state index contributed by atoms with van der Waals surface area (Å²) in [5, 5.41) is 2.91. The number of benzene rings is 1. The number of carbonyl (C=O) groups excluding carboxylic acids is 1. The molecule has 28 heavy (non-hydrogen) atoms. The van der Waals surface area contributed by atoms with Crippen molar-refractivity contribution in [2.24, 2.45) is 0 Å². The molecule has 2 N–H and O–H groups in total. The first-order chi connectivity index (χ1) is 13.3. The van der Waals surface area contributed by atoms with Gasteiger partial charge in [-0.2, -0.15) is 4.31 Å². The summed E-state index contributed by atoms with van der Waals surface area (Å²) in [6, 6.07) is 4.43. The number of likely N-dealkylation sites (N-methyl/N-ethyl adjacent to an activating group) is 1. The lowest BCUT2D eigenvalue weighted by Gasteiger charge is -2.31. The lowest BCUT2D eigenvalue weighted by molar-refractivity contribution is 0.0952. The van der Waals surface area contributed by atoms with Crippen LogP contribution < -0.4 is 10.7 Å². The Morgan fingerprint density at radius 1 is 1.21 bits per heavy atom. The molecular formula is C19H26N4O4S. The van der Waals surface area contributed by atoms with Crippen molar-refractivity contribution in [1.29, 1.82) is 0 Å². The molecule has 1 aromatic carbocycles. The van der Waals surface area contributed by atoms with Crippen molar-refractivity contribution in [2.75, 3.05) is 39.8 Å². The summed E-state index contributed by atoms with van der Waals surface area (Å²) in [6.07, 6.45) is 3.13. The van der Waals surface area contributed by atoms with Gasteiger partial charge in [-0.15, -0.1) is 0 Å². The summed E-state index contributed by atoms with van der Waals surface area (Å²) < 4.78 is 27.4. The molecule has 0 atom stereocenters. The number of hydrogen-bond acceptors (Lipinski definition) is 5. The number of rotatable bonds is 6. The number of aromatic amines is 1. The Balaban J connectivity index is 1.95. The van der Waals surface area contributed by atoms with Gasteiger partial charge < -0.3 is 15.2 Å². The van der Waals surface area contributed by atoms with E-state index in [-0.39, 0.29) is 15.8 Å². The van der Waals surface area contributed by atoms with E-state index in [9.17, 15) is 18.0 Å². The minimum Gasteiger partial charge on any atom is -0.360 e. The number of hydrogen-bond donors (Lipinski definition) is 2. The molecule has 1 aromatic heterocycles. The van der Waals surface area contributed by atoms with Crippen molar-refractivity contribution in [3.8, 4) is 0 Å². The Hall–Kier alpha value is -2.23. The lowest BCUT2D eigenvalue weighted by Crippen LogP contribution is -2.47. The maximum absolute atomic E-state index is 13.0. The Morgan fingerprint density at radius 2 is 1.93 bits per heavy atom. The number of unbranched alkanes of at least 4 members (excludes halogenated alkanes) is 1. The molecule has 1 fully saturated rings. The second-order valence-electron chi connectivity index (χ2n) is 7.06. The number of nitrogens with zero attached hydrogens (tertiary/aromatic N) is 2. The van der Waals surface area contributed by atoms with E-state index >= 15 is 0 Å². The molecule has 2 aromatic rings. The summed E-state index contributed by atoms with van der Waals surface area (Å²) in [5.41, 5.74) is 0.00311. The Morgan fingerprint density at radius 3 is 2.61 bits per heavy atom. The molecule has 1 aliphatic heterocycles. The van der Waals surface area contributed by atoms with E-state index in [1.54, 1.807) is 6.07 Å². The van der Waals surface area contributed by atoms with Gasteiger partial charge in [-0.3, -0.25) is 9.59 Å². The molecule has 2 heterocycles. The number of nitrogens with one attached hydrogen (secondary N) is 2. The fourth-order valence-corrected chi connectivity index (χ4v) is 4.63. The van der Waals surface area contributed by atoms with Crippen LogP contribution in [0.15, 0.2) is 34.1 Å². The number of sulfonamides is 1. The summed E-state index contributed by atoms with van der Waals surface area (Å²) >= 11 is 0. The number of carbonyl (C=O) groups is 1. The topological polar surface area (TPSA) is 103 Å². The van der Waals surface area contributed by atoms with Crippen LogP contribution in [0.1, 0.15) is 30.1 Å². The van der Waals surface area contributed by atoms with Gasteiger partial charge in [-0.1, -0.05) is 13.3 Å².